The molecule has 0 aliphatic heterocycles. The number of halogens is 1. The number of nitrogens with one attached hydrogen (secondary N) is 2. The molecule has 0 bridgehead atoms. The predicted octanol–water partition coefficient (Wildman–Crippen LogP) is 5.98. The van der Waals surface area contributed by atoms with Gasteiger partial charge in [0.15, 0.2) is 0 Å². The molecule has 2 N–H and O–H groups in total. The first kappa shape index (κ1) is 23.9. The normalized spacial score (nSPS) is 12.9. The summed E-state index contributed by atoms with van der Waals surface area (Å²) in [7, 11) is 1.89. The van der Waals surface area contributed by atoms with Crippen molar-refractivity contribution in [3.05, 3.63) is 69.8 Å². The summed E-state index contributed by atoms with van der Waals surface area (Å²) < 4.78 is 0. The number of nitrogens with zero attached hydrogens (tertiary/aromatic N) is 1. The van der Waals surface area contributed by atoms with Crippen LogP contribution >= 0.6 is 11.6 Å². The number of rotatable bonds is 10. The minimum Gasteiger partial charge on any atom is -0.332 e. The van der Waals surface area contributed by atoms with Crippen LogP contribution in [0.3, 0.4) is 0 Å². The zero-order valence-electron chi connectivity index (χ0n) is 17.4. The van der Waals surface area contributed by atoms with Gasteiger partial charge in [0, 0.05) is 24.3 Å². The molecule has 0 spiro atoms. The Labute approximate surface area is 174 Å². The van der Waals surface area contributed by atoms with Crippen LogP contribution in [0.25, 0.3) is 0 Å². The Morgan fingerprint density at radius 3 is 2.57 bits per heavy atom. The minimum absolute atomic E-state index is 0.347. The lowest BCUT2D eigenvalue weighted by molar-refractivity contribution is 0.249. The Bertz CT molecular complexity index is 748. The number of benzene rings is 1. The molecule has 0 saturated heterocycles. The van der Waals surface area contributed by atoms with Gasteiger partial charge in [-0.25, -0.2) is 9.79 Å². The average molecular weight is 402 g/mol. The number of carbonyl (C=O) groups is 1. The highest BCUT2D eigenvalue weighted by Crippen LogP contribution is 2.17. The quantitative estimate of drug-likeness (QED) is 0.374. The van der Waals surface area contributed by atoms with Gasteiger partial charge < -0.3 is 10.6 Å². The van der Waals surface area contributed by atoms with E-state index in [9.17, 15) is 4.79 Å². The molecule has 1 rings (SSSR count). The van der Waals surface area contributed by atoms with Crippen LogP contribution in [0.2, 0.25) is 5.02 Å². The highest BCUT2D eigenvalue weighted by atomic mass is 35.5. The molecule has 0 aliphatic rings. The van der Waals surface area contributed by atoms with Gasteiger partial charge in [0.2, 0.25) is 0 Å². The van der Waals surface area contributed by atoms with Gasteiger partial charge in [-0.2, -0.15) is 0 Å². The van der Waals surface area contributed by atoms with Crippen molar-refractivity contribution in [3.63, 3.8) is 0 Å². The molecule has 0 aliphatic carbocycles. The fourth-order valence-corrected chi connectivity index (χ4v) is 2.82. The van der Waals surface area contributed by atoms with Crippen LogP contribution < -0.4 is 10.6 Å². The van der Waals surface area contributed by atoms with E-state index in [-0.39, 0.29) is 6.03 Å². The molecule has 0 radical (unpaired) electrons. The van der Waals surface area contributed by atoms with Crippen molar-refractivity contribution in [1.82, 2.24) is 10.6 Å². The van der Waals surface area contributed by atoms with E-state index in [1.807, 2.05) is 38.2 Å². The molecule has 28 heavy (non-hydrogen) atoms. The molecule has 1 aromatic rings. The minimum atomic E-state index is -0.376. The first-order valence-corrected chi connectivity index (χ1v) is 10.1. The summed E-state index contributed by atoms with van der Waals surface area (Å²) in [6.45, 7) is 7.27. The number of allylic oxidation sites excluding steroid dienone is 6. The van der Waals surface area contributed by atoms with Gasteiger partial charge in [0.05, 0.1) is 0 Å². The summed E-state index contributed by atoms with van der Waals surface area (Å²) in [5.74, 6) is 0. The van der Waals surface area contributed by atoms with Crippen molar-refractivity contribution in [2.75, 3.05) is 7.05 Å². The molecule has 0 heterocycles. The molecular formula is C23H32ClN3O. The Balaban J connectivity index is 2.58. The summed E-state index contributed by atoms with van der Waals surface area (Å²) in [6, 6.07) is 5.42. The van der Waals surface area contributed by atoms with Crippen molar-refractivity contribution in [2.24, 2.45) is 4.99 Å². The van der Waals surface area contributed by atoms with Crippen molar-refractivity contribution in [1.29, 1.82) is 0 Å². The van der Waals surface area contributed by atoms with Crippen LogP contribution in [0, 0.1) is 0 Å². The molecule has 1 aromatic carbocycles. The maximum atomic E-state index is 12.1. The van der Waals surface area contributed by atoms with Crippen molar-refractivity contribution in [3.8, 4) is 0 Å². The topological polar surface area (TPSA) is 53.5 Å². The highest BCUT2D eigenvalue weighted by Gasteiger charge is 2.04. The summed E-state index contributed by atoms with van der Waals surface area (Å²) in [5.41, 5.74) is 4.31. The fourth-order valence-electron chi connectivity index (χ4n) is 2.64. The maximum Gasteiger partial charge on any atom is 0.341 e. The second-order valence-corrected chi connectivity index (χ2v) is 6.86. The number of urea groups is 1. The first-order valence-electron chi connectivity index (χ1n) is 9.74. The summed E-state index contributed by atoms with van der Waals surface area (Å²) in [4.78, 5) is 16.1. The monoisotopic (exact) mass is 401 g/mol. The smallest absolute Gasteiger partial charge is 0.332 e. The number of aliphatic imine (C=N–C) groups is 1. The van der Waals surface area contributed by atoms with E-state index >= 15 is 0 Å². The summed E-state index contributed by atoms with van der Waals surface area (Å²) in [6.07, 6.45) is 12.9. The number of hydrogen-bond acceptors (Lipinski definition) is 2. The molecule has 5 heteroatoms. The predicted molar refractivity (Wildman–Crippen MR) is 121 cm³/mol. The lowest BCUT2D eigenvalue weighted by Crippen LogP contribution is -2.19. The van der Waals surface area contributed by atoms with Crippen molar-refractivity contribution < 1.29 is 4.79 Å². The Morgan fingerprint density at radius 2 is 1.93 bits per heavy atom. The molecule has 4 nitrogen and oxygen atoms in total. The van der Waals surface area contributed by atoms with Gasteiger partial charge in [-0.15, -0.1) is 0 Å². The maximum absolute atomic E-state index is 12.1. The molecule has 0 saturated carbocycles. The molecule has 0 unspecified atom stereocenters. The van der Waals surface area contributed by atoms with Crippen LogP contribution in [-0.4, -0.2) is 19.3 Å². The number of hydrogen-bond donors (Lipinski definition) is 2. The third-order valence-corrected chi connectivity index (χ3v) is 4.60. The van der Waals surface area contributed by atoms with Gasteiger partial charge in [-0.05, 0) is 56.5 Å². The standard InChI is InChI=1S/C23H32ClN3O/c1-5-9-18(6-2)10-8-11-19(7-3)16-26-23(28)27-17-21-14-20(15-25-4)12-13-22(21)24/h6-8,10,12-14,16,25H,5,9,11,15,17H2,1-4H3,(H,27,28)/b10-8-,18-6-,19-7+,26-16?. The van der Waals surface area contributed by atoms with E-state index in [0.717, 1.165) is 42.5 Å². The highest BCUT2D eigenvalue weighted by molar-refractivity contribution is 6.31. The zero-order chi connectivity index (χ0) is 20.8. The number of carbonyl (C=O) groups excluding carboxylic acids is 1. The molecular weight excluding hydrogens is 370 g/mol. The zero-order valence-corrected chi connectivity index (χ0v) is 18.1. The molecule has 0 fully saturated rings. The van der Waals surface area contributed by atoms with Crippen molar-refractivity contribution in [2.45, 2.75) is 53.1 Å². The summed E-state index contributed by atoms with van der Waals surface area (Å²) >= 11 is 6.22. The van der Waals surface area contributed by atoms with E-state index in [1.165, 1.54) is 5.57 Å². The Kier molecular flexibility index (Phi) is 11.9. The molecule has 2 amide bonds. The van der Waals surface area contributed by atoms with Gasteiger partial charge >= 0.3 is 6.03 Å². The second kappa shape index (κ2) is 13.9. The fraction of sp³-hybridized carbons (Fsp3) is 0.391. The second-order valence-electron chi connectivity index (χ2n) is 6.46. The number of amides is 2. The third-order valence-electron chi connectivity index (χ3n) is 4.23. The van der Waals surface area contributed by atoms with Gasteiger partial charge in [-0.3, -0.25) is 0 Å². The largest absolute Gasteiger partial charge is 0.341 e. The van der Waals surface area contributed by atoms with Crippen LogP contribution in [0.5, 0.6) is 0 Å². The lowest BCUT2D eigenvalue weighted by Gasteiger charge is -2.08. The van der Waals surface area contributed by atoms with E-state index in [2.05, 4.69) is 47.7 Å². The van der Waals surface area contributed by atoms with Crippen LogP contribution in [-0.2, 0) is 13.1 Å². The molecule has 0 aromatic heterocycles. The molecule has 152 valence electrons. The van der Waals surface area contributed by atoms with E-state index in [0.29, 0.717) is 11.6 Å². The van der Waals surface area contributed by atoms with Crippen LogP contribution in [0.15, 0.2) is 58.6 Å². The SMILES string of the molecule is C/C=C(\C=C/C/C(C=NC(=O)NCc1cc(CNC)ccc1Cl)=C\C)CCC. The van der Waals surface area contributed by atoms with Crippen molar-refractivity contribution >= 4 is 23.8 Å². The van der Waals surface area contributed by atoms with Gasteiger partial charge in [-0.1, -0.05) is 67.0 Å². The van der Waals surface area contributed by atoms with Crippen LogP contribution in [0.4, 0.5) is 4.79 Å². The van der Waals surface area contributed by atoms with E-state index < -0.39 is 0 Å². The molecule has 0 atom stereocenters. The lowest BCUT2D eigenvalue weighted by atomic mass is 10.1. The van der Waals surface area contributed by atoms with Gasteiger partial charge in [0.25, 0.3) is 0 Å². The van der Waals surface area contributed by atoms with Gasteiger partial charge in [0.1, 0.15) is 0 Å². The van der Waals surface area contributed by atoms with Crippen LogP contribution in [0.1, 0.15) is 51.2 Å². The third kappa shape index (κ3) is 9.16. The first-order chi connectivity index (χ1) is 13.5. The van der Waals surface area contributed by atoms with E-state index in [1.54, 1.807) is 6.21 Å². The Hall–Kier alpha value is -2.17. The average Bonchev–Trinajstić information content (AvgIpc) is 2.70. The van der Waals surface area contributed by atoms with E-state index in [4.69, 9.17) is 11.6 Å². The summed E-state index contributed by atoms with van der Waals surface area (Å²) in [5, 5.41) is 6.53. The Morgan fingerprint density at radius 1 is 1.18 bits per heavy atom.